The molecule has 1 aliphatic heterocycles. The predicted octanol–water partition coefficient (Wildman–Crippen LogP) is 1.99. The number of carbonyl (C=O) groups is 2. The summed E-state index contributed by atoms with van der Waals surface area (Å²) in [6, 6.07) is 4.49. The molecule has 0 aliphatic carbocycles. The lowest BCUT2D eigenvalue weighted by Gasteiger charge is -2.14. The van der Waals surface area contributed by atoms with Gasteiger partial charge >= 0.3 is 6.03 Å². The summed E-state index contributed by atoms with van der Waals surface area (Å²) in [6.45, 7) is 1.02. The lowest BCUT2D eigenvalue weighted by Crippen LogP contribution is -2.40. The molecule has 0 spiro atoms. The van der Waals surface area contributed by atoms with Gasteiger partial charge in [0.15, 0.2) is 0 Å². The number of urea groups is 1. The average molecular weight is 347 g/mol. The molecule has 7 heteroatoms. The third-order valence-electron chi connectivity index (χ3n) is 3.02. The van der Waals surface area contributed by atoms with E-state index in [1.165, 1.54) is 4.90 Å². The second-order valence-corrected chi connectivity index (χ2v) is 5.63. The van der Waals surface area contributed by atoms with E-state index in [1.807, 2.05) is 0 Å². The van der Waals surface area contributed by atoms with E-state index in [0.29, 0.717) is 30.1 Å². The van der Waals surface area contributed by atoms with E-state index in [1.54, 1.807) is 18.2 Å². The molecule has 1 aromatic rings. The first-order valence-electron chi connectivity index (χ1n) is 5.77. The van der Waals surface area contributed by atoms with Crippen molar-refractivity contribution in [2.45, 2.75) is 12.5 Å². The SMILES string of the molecule is NC(=O)N1CC[C@H](NC(=O)c2ccc(Br)c(Cl)c2)C1. The van der Waals surface area contributed by atoms with Gasteiger partial charge in [-0.1, -0.05) is 11.6 Å². The van der Waals surface area contributed by atoms with Crippen LogP contribution in [0.2, 0.25) is 5.02 Å². The predicted molar refractivity (Wildman–Crippen MR) is 76.2 cm³/mol. The molecule has 1 aromatic carbocycles. The molecule has 0 saturated carbocycles. The van der Waals surface area contributed by atoms with Crippen LogP contribution in [0.15, 0.2) is 22.7 Å². The molecule has 102 valence electrons. The number of nitrogens with two attached hydrogens (primary N) is 1. The number of likely N-dealkylation sites (tertiary alicyclic amines) is 1. The van der Waals surface area contributed by atoms with Gasteiger partial charge in [0.2, 0.25) is 0 Å². The van der Waals surface area contributed by atoms with Crippen LogP contribution in [-0.2, 0) is 0 Å². The molecule has 0 radical (unpaired) electrons. The number of benzene rings is 1. The number of rotatable bonds is 2. The summed E-state index contributed by atoms with van der Waals surface area (Å²) in [5.74, 6) is -0.203. The zero-order valence-corrected chi connectivity index (χ0v) is 12.4. The minimum Gasteiger partial charge on any atom is -0.351 e. The molecule has 1 fully saturated rings. The van der Waals surface area contributed by atoms with E-state index in [-0.39, 0.29) is 11.9 Å². The van der Waals surface area contributed by atoms with Crippen LogP contribution in [0.25, 0.3) is 0 Å². The second-order valence-electron chi connectivity index (χ2n) is 4.37. The van der Waals surface area contributed by atoms with Crippen molar-refractivity contribution in [1.82, 2.24) is 10.2 Å². The van der Waals surface area contributed by atoms with E-state index in [0.717, 1.165) is 4.47 Å². The Kier molecular flexibility index (Phi) is 4.31. The van der Waals surface area contributed by atoms with E-state index in [9.17, 15) is 9.59 Å². The summed E-state index contributed by atoms with van der Waals surface area (Å²) in [4.78, 5) is 24.5. The number of hydrogen-bond acceptors (Lipinski definition) is 2. The first-order valence-corrected chi connectivity index (χ1v) is 6.95. The van der Waals surface area contributed by atoms with Crippen molar-refractivity contribution in [1.29, 1.82) is 0 Å². The highest BCUT2D eigenvalue weighted by Crippen LogP contribution is 2.23. The van der Waals surface area contributed by atoms with E-state index >= 15 is 0 Å². The highest BCUT2D eigenvalue weighted by atomic mass is 79.9. The largest absolute Gasteiger partial charge is 0.351 e. The van der Waals surface area contributed by atoms with Gasteiger partial charge < -0.3 is 16.0 Å². The minimum absolute atomic E-state index is 0.0672. The lowest BCUT2D eigenvalue weighted by atomic mass is 10.2. The van der Waals surface area contributed by atoms with Gasteiger partial charge in [-0.05, 0) is 40.5 Å². The summed E-state index contributed by atoms with van der Waals surface area (Å²) in [5.41, 5.74) is 5.68. The fourth-order valence-corrected chi connectivity index (χ4v) is 2.41. The Hall–Kier alpha value is -1.27. The van der Waals surface area contributed by atoms with Crippen molar-refractivity contribution in [2.75, 3.05) is 13.1 Å². The van der Waals surface area contributed by atoms with Crippen molar-refractivity contribution in [3.05, 3.63) is 33.3 Å². The van der Waals surface area contributed by atoms with Gasteiger partial charge in [-0.2, -0.15) is 0 Å². The molecular weight excluding hydrogens is 334 g/mol. The Bertz CT molecular complexity index is 524. The van der Waals surface area contributed by atoms with Gasteiger partial charge in [-0.15, -0.1) is 0 Å². The lowest BCUT2D eigenvalue weighted by molar-refractivity contribution is 0.0938. The number of carbonyl (C=O) groups excluding carboxylic acids is 2. The Morgan fingerprint density at radius 1 is 1.47 bits per heavy atom. The van der Waals surface area contributed by atoms with E-state index < -0.39 is 6.03 Å². The van der Waals surface area contributed by atoms with E-state index in [4.69, 9.17) is 17.3 Å². The summed E-state index contributed by atoms with van der Waals surface area (Å²) in [5, 5.41) is 3.35. The zero-order valence-electron chi connectivity index (χ0n) is 10.0. The Morgan fingerprint density at radius 3 is 2.79 bits per heavy atom. The van der Waals surface area contributed by atoms with Crippen LogP contribution < -0.4 is 11.1 Å². The smallest absolute Gasteiger partial charge is 0.314 e. The molecular formula is C12H13BrClN3O2. The molecule has 5 nitrogen and oxygen atoms in total. The Balaban J connectivity index is 1.98. The second kappa shape index (κ2) is 5.79. The fourth-order valence-electron chi connectivity index (χ4n) is 1.98. The summed E-state index contributed by atoms with van der Waals surface area (Å²) in [7, 11) is 0. The summed E-state index contributed by atoms with van der Waals surface area (Å²) in [6.07, 6.45) is 0.707. The molecule has 1 heterocycles. The van der Waals surface area contributed by atoms with Gasteiger partial charge in [-0.25, -0.2) is 4.79 Å². The number of halogens is 2. The van der Waals surface area contributed by atoms with Crippen LogP contribution in [0, 0.1) is 0 Å². The van der Waals surface area contributed by atoms with Gasteiger partial charge in [0, 0.05) is 29.2 Å². The van der Waals surface area contributed by atoms with Crippen molar-refractivity contribution < 1.29 is 9.59 Å². The molecule has 19 heavy (non-hydrogen) atoms. The Morgan fingerprint density at radius 2 is 2.21 bits per heavy atom. The maximum atomic E-state index is 12.0. The average Bonchev–Trinajstić information content (AvgIpc) is 2.81. The van der Waals surface area contributed by atoms with Crippen molar-refractivity contribution in [3.63, 3.8) is 0 Å². The molecule has 0 unspecified atom stereocenters. The first kappa shape index (κ1) is 14.1. The molecule has 1 atom stereocenters. The number of amides is 3. The maximum absolute atomic E-state index is 12.0. The van der Waals surface area contributed by atoms with Crippen LogP contribution in [0.3, 0.4) is 0 Å². The monoisotopic (exact) mass is 345 g/mol. The van der Waals surface area contributed by atoms with Crippen LogP contribution in [-0.4, -0.2) is 36.0 Å². The number of nitrogens with zero attached hydrogens (tertiary/aromatic N) is 1. The standard InChI is InChI=1S/C12H13BrClN3O2/c13-9-2-1-7(5-10(9)14)11(18)16-8-3-4-17(6-8)12(15)19/h1-2,5,8H,3-4,6H2,(H2,15,19)(H,16,18)/t8-/m0/s1. The van der Waals surface area contributed by atoms with Gasteiger partial charge in [0.1, 0.15) is 0 Å². The van der Waals surface area contributed by atoms with Crippen molar-refractivity contribution >= 4 is 39.5 Å². The molecule has 3 amide bonds. The maximum Gasteiger partial charge on any atom is 0.314 e. The number of hydrogen-bond donors (Lipinski definition) is 2. The summed E-state index contributed by atoms with van der Waals surface area (Å²) >= 11 is 9.21. The zero-order chi connectivity index (χ0) is 14.0. The highest BCUT2D eigenvalue weighted by Gasteiger charge is 2.26. The third kappa shape index (κ3) is 3.39. The normalized spacial score (nSPS) is 18.4. The molecule has 0 aromatic heterocycles. The fraction of sp³-hybridized carbons (Fsp3) is 0.333. The molecule has 3 N–H and O–H groups in total. The summed E-state index contributed by atoms with van der Waals surface area (Å²) < 4.78 is 0.742. The van der Waals surface area contributed by atoms with E-state index in [2.05, 4.69) is 21.2 Å². The molecule has 1 saturated heterocycles. The topological polar surface area (TPSA) is 75.4 Å². The molecule has 0 bridgehead atoms. The van der Waals surface area contributed by atoms with Gasteiger partial charge in [-0.3, -0.25) is 4.79 Å². The quantitative estimate of drug-likeness (QED) is 0.859. The third-order valence-corrected chi connectivity index (χ3v) is 4.25. The molecule has 2 rings (SSSR count). The number of primary amides is 1. The minimum atomic E-state index is -0.455. The van der Waals surface area contributed by atoms with Crippen LogP contribution in [0.4, 0.5) is 4.79 Å². The van der Waals surface area contributed by atoms with Gasteiger partial charge in [0.25, 0.3) is 5.91 Å². The first-order chi connectivity index (χ1) is 8.97. The molecule has 1 aliphatic rings. The highest BCUT2D eigenvalue weighted by molar-refractivity contribution is 9.10. The Labute approximate surface area is 124 Å². The van der Waals surface area contributed by atoms with Crippen LogP contribution in [0.5, 0.6) is 0 Å². The number of nitrogens with one attached hydrogen (secondary N) is 1. The van der Waals surface area contributed by atoms with Crippen LogP contribution in [0.1, 0.15) is 16.8 Å². The van der Waals surface area contributed by atoms with Crippen molar-refractivity contribution in [2.24, 2.45) is 5.73 Å². The van der Waals surface area contributed by atoms with Crippen molar-refractivity contribution in [3.8, 4) is 0 Å². The van der Waals surface area contributed by atoms with Crippen LogP contribution >= 0.6 is 27.5 Å². The van der Waals surface area contributed by atoms with Gasteiger partial charge in [0.05, 0.1) is 5.02 Å².